The van der Waals surface area contributed by atoms with Gasteiger partial charge in [-0.3, -0.25) is 4.79 Å². The van der Waals surface area contributed by atoms with Gasteiger partial charge in [0.2, 0.25) is 5.91 Å². The van der Waals surface area contributed by atoms with E-state index < -0.39 is 42.8 Å². The quantitative estimate of drug-likeness (QED) is 0.138. The molecule has 10 heteroatoms. The molecule has 158 valence electrons. The maximum absolute atomic E-state index is 11.7. The number of aldehydes is 1. The van der Waals surface area contributed by atoms with E-state index >= 15 is 0 Å². The third-order valence-electron chi connectivity index (χ3n) is 4.58. The van der Waals surface area contributed by atoms with E-state index in [0.717, 1.165) is 12.8 Å². The summed E-state index contributed by atoms with van der Waals surface area (Å²) in [6, 6.07) is -1.21. The lowest BCUT2D eigenvalue weighted by Gasteiger charge is -2.42. The summed E-state index contributed by atoms with van der Waals surface area (Å²) in [6.45, 7) is 2.14. The highest BCUT2D eigenvalue weighted by molar-refractivity contribution is 5.83. The van der Waals surface area contributed by atoms with Crippen molar-refractivity contribution in [1.29, 1.82) is 0 Å². The van der Waals surface area contributed by atoms with Gasteiger partial charge in [0.1, 0.15) is 18.5 Å². The van der Waals surface area contributed by atoms with Gasteiger partial charge in [-0.25, -0.2) is 0 Å². The number of carbonyl (C=O) groups is 2. The van der Waals surface area contributed by atoms with Crippen LogP contribution in [0, 0.1) is 0 Å². The number of nitrogens with one attached hydrogen (secondary N) is 2. The zero-order valence-electron chi connectivity index (χ0n) is 15.7. The molecule has 1 aliphatic heterocycles. The third-order valence-corrected chi connectivity index (χ3v) is 4.58. The van der Waals surface area contributed by atoms with E-state index in [-0.39, 0.29) is 18.7 Å². The molecule has 6 atom stereocenters. The Morgan fingerprint density at radius 3 is 2.70 bits per heavy atom. The Balaban J connectivity index is 2.16. The van der Waals surface area contributed by atoms with Gasteiger partial charge in [0.25, 0.3) is 0 Å². The maximum atomic E-state index is 11.7. The van der Waals surface area contributed by atoms with E-state index in [1.165, 1.54) is 0 Å². The topological polar surface area (TPSA) is 174 Å². The Labute approximate surface area is 159 Å². The maximum Gasteiger partial charge on any atom is 0.237 e. The fourth-order valence-corrected chi connectivity index (χ4v) is 2.92. The number of hydrogen-bond acceptors (Lipinski definition) is 9. The molecule has 0 bridgehead atoms. The monoisotopic (exact) mass is 391 g/mol. The molecule has 10 nitrogen and oxygen atoms in total. The molecule has 1 amide bonds. The summed E-state index contributed by atoms with van der Waals surface area (Å²) < 4.78 is 5.30. The van der Waals surface area contributed by atoms with Crippen molar-refractivity contribution in [2.45, 2.75) is 75.2 Å². The van der Waals surface area contributed by atoms with E-state index in [1.54, 1.807) is 6.92 Å². The van der Waals surface area contributed by atoms with Gasteiger partial charge in [0.15, 0.2) is 5.79 Å². The molecule has 0 radical (unpaired) electrons. The third kappa shape index (κ3) is 8.18. The molecule has 0 aliphatic carbocycles. The average Bonchev–Trinajstić information content (AvgIpc) is 2.63. The number of aliphatic hydroxyl groups is 4. The largest absolute Gasteiger partial charge is 0.394 e. The summed E-state index contributed by atoms with van der Waals surface area (Å²) >= 11 is 0. The van der Waals surface area contributed by atoms with Crippen molar-refractivity contribution < 1.29 is 34.8 Å². The number of aliphatic hydroxyl groups excluding tert-OH is 3. The second kappa shape index (κ2) is 11.6. The molecule has 1 saturated heterocycles. The molecule has 8 N–H and O–H groups in total. The zero-order chi connectivity index (χ0) is 20.4. The molecule has 1 rings (SSSR count). The molecule has 0 aromatic heterocycles. The lowest BCUT2D eigenvalue weighted by molar-refractivity contribution is -0.306. The van der Waals surface area contributed by atoms with Crippen LogP contribution in [0.25, 0.3) is 0 Å². The minimum atomic E-state index is -1.60. The van der Waals surface area contributed by atoms with Gasteiger partial charge in [-0.15, -0.1) is 0 Å². The summed E-state index contributed by atoms with van der Waals surface area (Å²) in [5.74, 6) is -1.95. The van der Waals surface area contributed by atoms with Crippen LogP contribution in [0.15, 0.2) is 0 Å². The van der Waals surface area contributed by atoms with E-state index in [9.17, 15) is 24.9 Å². The molecule has 1 fully saturated rings. The van der Waals surface area contributed by atoms with Crippen LogP contribution in [-0.4, -0.2) is 88.5 Å². The summed E-state index contributed by atoms with van der Waals surface area (Å²) in [6.07, 6.45) is -0.716. The van der Waals surface area contributed by atoms with Crippen LogP contribution in [0.1, 0.15) is 39.0 Å². The Morgan fingerprint density at radius 2 is 2.07 bits per heavy atom. The van der Waals surface area contributed by atoms with Crippen molar-refractivity contribution in [3.63, 3.8) is 0 Å². The van der Waals surface area contributed by atoms with Crippen molar-refractivity contribution in [2.24, 2.45) is 5.73 Å². The lowest BCUT2D eigenvalue weighted by Crippen LogP contribution is -2.56. The molecule has 1 heterocycles. The van der Waals surface area contributed by atoms with Crippen molar-refractivity contribution >= 4 is 12.2 Å². The molecule has 27 heavy (non-hydrogen) atoms. The molecular formula is C17H33N3O7. The number of rotatable bonds is 12. The van der Waals surface area contributed by atoms with Crippen LogP contribution in [-0.2, 0) is 14.3 Å². The highest BCUT2D eigenvalue weighted by Crippen LogP contribution is 2.29. The van der Waals surface area contributed by atoms with E-state index in [1.807, 2.05) is 0 Å². The van der Waals surface area contributed by atoms with Crippen LogP contribution >= 0.6 is 0 Å². The lowest BCUT2D eigenvalue weighted by atomic mass is 9.94. The fourth-order valence-electron chi connectivity index (χ4n) is 2.92. The minimum Gasteiger partial charge on any atom is -0.394 e. The first-order chi connectivity index (χ1) is 12.7. The molecule has 0 aromatic carbocycles. The van der Waals surface area contributed by atoms with Gasteiger partial charge < -0.3 is 46.3 Å². The van der Waals surface area contributed by atoms with Crippen LogP contribution < -0.4 is 16.4 Å². The highest BCUT2D eigenvalue weighted by atomic mass is 16.6. The second-order valence-electron chi connectivity index (χ2n) is 7.08. The summed E-state index contributed by atoms with van der Waals surface area (Å²) in [5.41, 5.74) is 5.76. The zero-order valence-corrected chi connectivity index (χ0v) is 15.7. The first kappa shape index (κ1) is 23.9. The smallest absolute Gasteiger partial charge is 0.237 e. The van der Waals surface area contributed by atoms with Crippen molar-refractivity contribution in [2.75, 3.05) is 19.7 Å². The average molecular weight is 391 g/mol. The second-order valence-corrected chi connectivity index (χ2v) is 7.08. The summed E-state index contributed by atoms with van der Waals surface area (Å²) in [4.78, 5) is 22.2. The van der Waals surface area contributed by atoms with E-state index in [0.29, 0.717) is 25.8 Å². The normalized spacial score (nSPS) is 30.5. The minimum absolute atomic E-state index is 0.129. The van der Waals surface area contributed by atoms with Crippen LogP contribution in [0.3, 0.4) is 0 Å². The molecule has 0 spiro atoms. The van der Waals surface area contributed by atoms with Crippen LogP contribution in [0.5, 0.6) is 0 Å². The van der Waals surface area contributed by atoms with Gasteiger partial charge in [-0.1, -0.05) is 6.42 Å². The SMILES string of the molecule is C[C@@H](C=O)NC(=O)C(N)CCCCNCCC1(O)CC(O)C(O)C(CO)O1. The van der Waals surface area contributed by atoms with Crippen molar-refractivity contribution in [1.82, 2.24) is 10.6 Å². The number of amides is 1. The number of ether oxygens (including phenoxy) is 1. The highest BCUT2D eigenvalue weighted by Gasteiger charge is 2.44. The molecular weight excluding hydrogens is 358 g/mol. The number of hydrogen-bond donors (Lipinski definition) is 7. The van der Waals surface area contributed by atoms with Gasteiger partial charge in [0.05, 0.1) is 24.8 Å². The van der Waals surface area contributed by atoms with Crippen molar-refractivity contribution in [3.8, 4) is 0 Å². The van der Waals surface area contributed by atoms with Crippen LogP contribution in [0.4, 0.5) is 0 Å². The van der Waals surface area contributed by atoms with Gasteiger partial charge in [-0.2, -0.15) is 0 Å². The van der Waals surface area contributed by atoms with Crippen molar-refractivity contribution in [3.05, 3.63) is 0 Å². The Kier molecular flexibility index (Phi) is 10.3. The van der Waals surface area contributed by atoms with Gasteiger partial charge in [0, 0.05) is 19.4 Å². The van der Waals surface area contributed by atoms with Gasteiger partial charge >= 0.3 is 0 Å². The molecule has 5 unspecified atom stereocenters. The van der Waals surface area contributed by atoms with E-state index in [2.05, 4.69) is 10.6 Å². The Hall–Kier alpha value is -1.14. The number of carbonyl (C=O) groups excluding carboxylic acids is 2. The van der Waals surface area contributed by atoms with E-state index in [4.69, 9.17) is 15.6 Å². The van der Waals surface area contributed by atoms with Gasteiger partial charge in [-0.05, 0) is 26.3 Å². The molecule has 1 aliphatic rings. The first-order valence-corrected chi connectivity index (χ1v) is 9.31. The number of unbranched alkanes of at least 4 members (excludes halogenated alkanes) is 1. The predicted molar refractivity (Wildman–Crippen MR) is 96.5 cm³/mol. The summed E-state index contributed by atoms with van der Waals surface area (Å²) in [7, 11) is 0. The standard InChI is InChI=1S/C17H33N3O7/c1-11(9-21)20-16(25)12(18)4-2-3-6-19-7-5-17(26)8-13(23)15(24)14(10-22)27-17/h9,11-15,19,22-24,26H,2-8,10,18H2,1H3,(H,20,25)/t11-,12?,13?,14?,15?,17?/m0/s1. The fraction of sp³-hybridized carbons (Fsp3) is 0.882. The molecule has 0 aromatic rings. The number of nitrogens with two attached hydrogens (primary N) is 1. The first-order valence-electron chi connectivity index (χ1n) is 9.31. The molecule has 0 saturated carbocycles. The predicted octanol–water partition coefficient (Wildman–Crippen LogP) is -2.64. The Bertz CT molecular complexity index is 468. The Morgan fingerprint density at radius 1 is 1.37 bits per heavy atom. The van der Waals surface area contributed by atoms with Crippen LogP contribution in [0.2, 0.25) is 0 Å². The summed E-state index contributed by atoms with van der Waals surface area (Å²) in [5, 5.41) is 44.6.